The lowest BCUT2D eigenvalue weighted by Gasteiger charge is -2.10. The summed E-state index contributed by atoms with van der Waals surface area (Å²) in [6.07, 6.45) is 0. The first kappa shape index (κ1) is 16.6. The van der Waals surface area contributed by atoms with E-state index in [1.54, 1.807) is 12.1 Å². The molecule has 0 aliphatic rings. The van der Waals surface area contributed by atoms with Gasteiger partial charge in [0.05, 0.1) is 11.3 Å². The second-order valence-corrected chi connectivity index (χ2v) is 5.29. The molecule has 3 aromatic rings. The number of aromatic hydroxyl groups is 1. The number of phenolic OH excluding ortho intramolecular Hbond substituents is 1. The number of amides is 1. The number of benzene rings is 3. The Morgan fingerprint density at radius 1 is 0.880 bits per heavy atom. The van der Waals surface area contributed by atoms with Gasteiger partial charge >= 0.3 is 0 Å². The third-order valence-electron chi connectivity index (χ3n) is 3.61. The number of hydrogen-bond donors (Lipinski definition) is 2. The quantitative estimate of drug-likeness (QED) is 0.722. The SMILES string of the molecule is O=C(Nc1ccc(-c2ccc(F)cc2F)cc1F)c1ccccc1O. The van der Waals surface area contributed by atoms with Crippen LogP contribution < -0.4 is 5.32 Å². The van der Waals surface area contributed by atoms with Crippen LogP contribution in [0.4, 0.5) is 18.9 Å². The Kier molecular flexibility index (Phi) is 4.43. The minimum Gasteiger partial charge on any atom is -0.507 e. The van der Waals surface area contributed by atoms with E-state index < -0.39 is 23.4 Å². The fourth-order valence-electron chi connectivity index (χ4n) is 2.36. The van der Waals surface area contributed by atoms with E-state index >= 15 is 0 Å². The van der Waals surface area contributed by atoms with E-state index in [9.17, 15) is 23.1 Å². The van der Waals surface area contributed by atoms with Crippen LogP contribution in [0.2, 0.25) is 0 Å². The molecule has 2 N–H and O–H groups in total. The number of anilines is 1. The van der Waals surface area contributed by atoms with Crippen molar-refractivity contribution < 1.29 is 23.1 Å². The molecule has 0 saturated carbocycles. The molecule has 0 atom stereocenters. The standard InChI is InChI=1S/C19H12F3NO2/c20-12-6-7-13(15(21)10-12)11-5-8-17(16(22)9-11)23-19(25)14-3-1-2-4-18(14)24/h1-10,24H,(H,23,25). The minimum absolute atomic E-state index is 0.00412. The van der Waals surface area contributed by atoms with Gasteiger partial charge in [-0.3, -0.25) is 4.79 Å². The van der Waals surface area contributed by atoms with E-state index in [1.807, 2.05) is 0 Å². The van der Waals surface area contributed by atoms with Gasteiger partial charge in [-0.1, -0.05) is 18.2 Å². The number of halogens is 3. The summed E-state index contributed by atoms with van der Waals surface area (Å²) >= 11 is 0. The highest BCUT2D eigenvalue weighted by Gasteiger charge is 2.14. The molecule has 3 rings (SSSR count). The first-order chi connectivity index (χ1) is 12.0. The van der Waals surface area contributed by atoms with Gasteiger partial charge in [0.2, 0.25) is 0 Å². The molecule has 0 aromatic heterocycles. The van der Waals surface area contributed by atoms with Crippen molar-refractivity contribution in [3.8, 4) is 16.9 Å². The van der Waals surface area contributed by atoms with Crippen molar-refractivity contribution in [3.63, 3.8) is 0 Å². The van der Waals surface area contributed by atoms with Gasteiger partial charge in [0.1, 0.15) is 23.2 Å². The molecule has 25 heavy (non-hydrogen) atoms. The molecule has 0 spiro atoms. The van der Waals surface area contributed by atoms with Crippen LogP contribution in [0, 0.1) is 17.5 Å². The number of carbonyl (C=O) groups excluding carboxylic acids is 1. The second-order valence-electron chi connectivity index (χ2n) is 5.29. The molecule has 0 radical (unpaired) electrons. The molecule has 0 aliphatic heterocycles. The van der Waals surface area contributed by atoms with E-state index in [0.717, 1.165) is 12.1 Å². The van der Waals surface area contributed by atoms with E-state index in [4.69, 9.17) is 0 Å². The minimum atomic E-state index is -0.814. The van der Waals surface area contributed by atoms with Crippen LogP contribution in [-0.2, 0) is 0 Å². The first-order valence-electron chi connectivity index (χ1n) is 7.30. The Bertz CT molecular complexity index is 957. The topological polar surface area (TPSA) is 49.3 Å². The van der Waals surface area contributed by atoms with Crippen LogP contribution in [-0.4, -0.2) is 11.0 Å². The Morgan fingerprint density at radius 2 is 1.64 bits per heavy atom. The van der Waals surface area contributed by atoms with Crippen molar-refractivity contribution >= 4 is 11.6 Å². The van der Waals surface area contributed by atoms with Crippen molar-refractivity contribution in [2.45, 2.75) is 0 Å². The summed E-state index contributed by atoms with van der Waals surface area (Å²) in [5.41, 5.74) is 0.115. The van der Waals surface area contributed by atoms with Crippen molar-refractivity contribution in [1.82, 2.24) is 0 Å². The van der Waals surface area contributed by atoms with Crippen LogP contribution in [0.25, 0.3) is 11.1 Å². The van der Waals surface area contributed by atoms with Gasteiger partial charge in [0.15, 0.2) is 0 Å². The number of nitrogens with one attached hydrogen (secondary N) is 1. The molecule has 0 unspecified atom stereocenters. The maximum atomic E-state index is 14.2. The van der Waals surface area contributed by atoms with Crippen LogP contribution in [0.3, 0.4) is 0 Å². The fraction of sp³-hybridized carbons (Fsp3) is 0. The molecule has 1 amide bonds. The Labute approximate surface area is 141 Å². The zero-order chi connectivity index (χ0) is 18.0. The lowest BCUT2D eigenvalue weighted by Crippen LogP contribution is -2.13. The van der Waals surface area contributed by atoms with Crippen LogP contribution in [0.1, 0.15) is 10.4 Å². The zero-order valence-corrected chi connectivity index (χ0v) is 12.8. The molecule has 0 fully saturated rings. The van der Waals surface area contributed by atoms with Gasteiger partial charge in [-0.2, -0.15) is 0 Å². The van der Waals surface area contributed by atoms with Crippen LogP contribution >= 0.6 is 0 Å². The number of rotatable bonds is 3. The lowest BCUT2D eigenvalue weighted by molar-refractivity contribution is 0.102. The average molecular weight is 343 g/mol. The summed E-state index contributed by atoms with van der Waals surface area (Å²) in [7, 11) is 0. The van der Waals surface area contributed by atoms with E-state index in [1.165, 1.54) is 30.3 Å². The molecular weight excluding hydrogens is 331 g/mol. The molecular formula is C19H12F3NO2. The predicted octanol–water partition coefficient (Wildman–Crippen LogP) is 4.73. The number of para-hydroxylation sites is 1. The zero-order valence-electron chi connectivity index (χ0n) is 12.8. The van der Waals surface area contributed by atoms with Crippen molar-refractivity contribution in [3.05, 3.63) is 83.7 Å². The maximum Gasteiger partial charge on any atom is 0.259 e. The Morgan fingerprint density at radius 3 is 2.32 bits per heavy atom. The van der Waals surface area contributed by atoms with Crippen molar-refractivity contribution in [1.29, 1.82) is 0 Å². The van der Waals surface area contributed by atoms with Gasteiger partial charge in [-0.15, -0.1) is 0 Å². The summed E-state index contributed by atoms with van der Waals surface area (Å²) in [5, 5.41) is 12.0. The summed E-state index contributed by atoms with van der Waals surface area (Å²) in [6.45, 7) is 0. The molecule has 3 aromatic carbocycles. The average Bonchev–Trinajstić information content (AvgIpc) is 2.57. The smallest absolute Gasteiger partial charge is 0.259 e. The van der Waals surface area contributed by atoms with Crippen LogP contribution in [0.15, 0.2) is 60.7 Å². The summed E-state index contributed by atoms with van der Waals surface area (Å²) in [4.78, 5) is 12.1. The predicted molar refractivity (Wildman–Crippen MR) is 87.8 cm³/mol. The fourth-order valence-corrected chi connectivity index (χ4v) is 2.36. The third kappa shape index (κ3) is 3.47. The van der Waals surface area contributed by atoms with Gasteiger partial charge in [0, 0.05) is 11.6 Å². The molecule has 0 heterocycles. The highest BCUT2D eigenvalue weighted by atomic mass is 19.1. The summed E-state index contributed by atoms with van der Waals surface area (Å²) in [5.74, 6) is -3.24. The molecule has 0 bridgehead atoms. The van der Waals surface area contributed by atoms with Crippen molar-refractivity contribution in [2.24, 2.45) is 0 Å². The highest BCUT2D eigenvalue weighted by molar-refractivity contribution is 6.06. The van der Waals surface area contributed by atoms with Gasteiger partial charge < -0.3 is 10.4 Å². The second kappa shape index (κ2) is 6.68. The van der Waals surface area contributed by atoms with Crippen molar-refractivity contribution in [2.75, 3.05) is 5.32 Å². The van der Waals surface area contributed by atoms with E-state index in [2.05, 4.69) is 5.32 Å². The largest absolute Gasteiger partial charge is 0.507 e. The Hall–Kier alpha value is -3.28. The van der Waals surface area contributed by atoms with Crippen LogP contribution in [0.5, 0.6) is 5.75 Å². The summed E-state index contributed by atoms with van der Waals surface area (Å²) < 4.78 is 41.0. The molecule has 6 heteroatoms. The third-order valence-corrected chi connectivity index (χ3v) is 3.61. The monoisotopic (exact) mass is 343 g/mol. The van der Waals surface area contributed by atoms with Gasteiger partial charge in [0.25, 0.3) is 5.91 Å². The van der Waals surface area contributed by atoms with Gasteiger partial charge in [-0.05, 0) is 42.0 Å². The lowest BCUT2D eigenvalue weighted by atomic mass is 10.0. The Balaban J connectivity index is 1.88. The molecule has 0 saturated heterocycles. The highest BCUT2D eigenvalue weighted by Crippen LogP contribution is 2.27. The molecule has 126 valence electrons. The summed E-state index contributed by atoms with van der Waals surface area (Å²) in [6, 6.07) is 12.5. The first-order valence-corrected chi connectivity index (χ1v) is 7.30. The van der Waals surface area contributed by atoms with Gasteiger partial charge in [-0.25, -0.2) is 13.2 Å². The number of carbonyl (C=O) groups is 1. The number of phenols is 1. The normalized spacial score (nSPS) is 10.5. The van der Waals surface area contributed by atoms with E-state index in [-0.39, 0.29) is 28.1 Å². The number of hydrogen-bond acceptors (Lipinski definition) is 2. The van der Waals surface area contributed by atoms with E-state index in [0.29, 0.717) is 6.07 Å². The molecule has 3 nitrogen and oxygen atoms in total. The maximum absolute atomic E-state index is 14.2. The molecule has 0 aliphatic carbocycles.